The molecule has 0 aromatic carbocycles. The second kappa shape index (κ2) is 2.13. The minimum absolute atomic E-state index is 0.961. The van der Waals surface area contributed by atoms with E-state index in [1.165, 1.54) is 16.9 Å². The van der Waals surface area contributed by atoms with Crippen molar-refractivity contribution >= 4 is 17.0 Å². The zero-order valence-electron chi connectivity index (χ0n) is 5.63. The lowest BCUT2D eigenvalue weighted by Gasteiger charge is -2.08. The number of allylic oxidation sites excluding steroid dienone is 1. The van der Waals surface area contributed by atoms with Crippen molar-refractivity contribution in [1.82, 2.24) is 0 Å². The van der Waals surface area contributed by atoms with Gasteiger partial charge in [0.2, 0.25) is 0 Å². The summed E-state index contributed by atoms with van der Waals surface area (Å²) in [5.41, 5.74) is 7.98. The third-order valence-electron chi connectivity index (χ3n) is 1.79. The summed E-state index contributed by atoms with van der Waals surface area (Å²) in [5.74, 6) is 0. The van der Waals surface area contributed by atoms with Crippen LogP contribution in [0.5, 0.6) is 0 Å². The summed E-state index contributed by atoms with van der Waals surface area (Å²) in [4.78, 5) is 1.44. The highest BCUT2D eigenvalue weighted by Crippen LogP contribution is 2.27. The number of aryl methyl sites for hydroxylation is 1. The van der Waals surface area contributed by atoms with E-state index in [0.717, 1.165) is 12.1 Å². The van der Waals surface area contributed by atoms with Gasteiger partial charge in [-0.05, 0) is 24.3 Å². The van der Waals surface area contributed by atoms with Crippen molar-refractivity contribution in [2.24, 2.45) is 5.73 Å². The third kappa shape index (κ3) is 0.762. The first-order valence-corrected chi connectivity index (χ1v) is 4.28. The Morgan fingerprint density at radius 2 is 2.40 bits per heavy atom. The van der Waals surface area contributed by atoms with Gasteiger partial charge in [-0.3, -0.25) is 0 Å². The van der Waals surface area contributed by atoms with Crippen molar-refractivity contribution in [3.05, 3.63) is 28.0 Å². The van der Waals surface area contributed by atoms with Crippen molar-refractivity contribution in [2.45, 2.75) is 12.8 Å². The van der Waals surface area contributed by atoms with Crippen LogP contribution in [0, 0.1) is 0 Å². The van der Waals surface area contributed by atoms with E-state index in [0.29, 0.717) is 0 Å². The van der Waals surface area contributed by atoms with Crippen molar-refractivity contribution in [3.8, 4) is 0 Å². The summed E-state index contributed by atoms with van der Waals surface area (Å²) in [6.45, 7) is 0. The fourth-order valence-electron chi connectivity index (χ4n) is 1.26. The molecule has 1 aromatic rings. The van der Waals surface area contributed by atoms with Crippen LogP contribution in [0.2, 0.25) is 0 Å². The quantitative estimate of drug-likeness (QED) is 0.603. The average molecular weight is 151 g/mol. The smallest absolute Gasteiger partial charge is 0.0358 e. The molecule has 0 amide bonds. The summed E-state index contributed by atoms with van der Waals surface area (Å²) in [6.07, 6.45) is 4.39. The van der Waals surface area contributed by atoms with Crippen molar-refractivity contribution < 1.29 is 0 Å². The van der Waals surface area contributed by atoms with Gasteiger partial charge in [0.25, 0.3) is 0 Å². The summed E-state index contributed by atoms with van der Waals surface area (Å²) < 4.78 is 0. The first-order chi connectivity index (χ1) is 4.88. The summed E-state index contributed by atoms with van der Waals surface area (Å²) in [7, 11) is 0. The van der Waals surface area contributed by atoms with Crippen LogP contribution in [-0.4, -0.2) is 0 Å². The summed E-state index contributed by atoms with van der Waals surface area (Å²) in [6, 6.07) is 2.10. The molecule has 10 heavy (non-hydrogen) atoms. The number of hydrogen-bond acceptors (Lipinski definition) is 2. The van der Waals surface area contributed by atoms with Gasteiger partial charge >= 0.3 is 0 Å². The maximum absolute atomic E-state index is 5.76. The van der Waals surface area contributed by atoms with Crippen LogP contribution in [0.3, 0.4) is 0 Å². The zero-order valence-corrected chi connectivity index (χ0v) is 6.45. The monoisotopic (exact) mass is 151 g/mol. The van der Waals surface area contributed by atoms with E-state index in [1.807, 2.05) is 11.3 Å². The van der Waals surface area contributed by atoms with E-state index in [4.69, 9.17) is 5.73 Å². The van der Waals surface area contributed by atoms with Crippen LogP contribution in [0.25, 0.3) is 5.70 Å². The van der Waals surface area contributed by atoms with Crippen molar-refractivity contribution in [2.75, 3.05) is 0 Å². The molecule has 2 N–H and O–H groups in total. The molecule has 0 unspecified atom stereocenters. The maximum atomic E-state index is 5.76. The van der Waals surface area contributed by atoms with Crippen LogP contribution in [0.1, 0.15) is 16.9 Å². The van der Waals surface area contributed by atoms with E-state index in [9.17, 15) is 0 Å². The topological polar surface area (TPSA) is 26.0 Å². The number of nitrogens with two attached hydrogens (primary N) is 1. The van der Waals surface area contributed by atoms with E-state index >= 15 is 0 Å². The first kappa shape index (κ1) is 5.98. The van der Waals surface area contributed by atoms with Crippen LogP contribution in [0.15, 0.2) is 17.5 Å². The molecule has 0 bridgehead atoms. The lowest BCUT2D eigenvalue weighted by Crippen LogP contribution is -2.02. The van der Waals surface area contributed by atoms with Crippen molar-refractivity contribution in [3.63, 3.8) is 0 Å². The molecule has 1 heterocycles. The van der Waals surface area contributed by atoms with E-state index in [1.54, 1.807) is 0 Å². The van der Waals surface area contributed by atoms with Gasteiger partial charge in [-0.2, -0.15) is 0 Å². The van der Waals surface area contributed by atoms with E-state index in [-0.39, 0.29) is 0 Å². The number of thiophene rings is 1. The minimum atomic E-state index is 0.961. The molecule has 1 nitrogen and oxygen atoms in total. The molecule has 0 fully saturated rings. The Morgan fingerprint density at radius 3 is 3.20 bits per heavy atom. The molecule has 0 aliphatic heterocycles. The van der Waals surface area contributed by atoms with Gasteiger partial charge in [0.15, 0.2) is 0 Å². The molecule has 52 valence electrons. The van der Waals surface area contributed by atoms with Gasteiger partial charge in [0, 0.05) is 16.1 Å². The molecule has 1 aromatic heterocycles. The molecule has 1 aliphatic rings. The molecular weight excluding hydrogens is 142 g/mol. The average Bonchev–Trinajstić information content (AvgIpc) is 2.36. The predicted octanol–water partition coefficient (Wildman–Crippen LogP) is 1.99. The molecule has 1 aliphatic carbocycles. The Morgan fingerprint density at radius 1 is 1.50 bits per heavy atom. The summed E-state index contributed by atoms with van der Waals surface area (Å²) in [5, 5.41) is 2.11. The Labute approximate surface area is 64.2 Å². The molecule has 0 spiro atoms. The highest BCUT2D eigenvalue weighted by Gasteiger charge is 2.09. The fraction of sp³-hybridized carbons (Fsp3) is 0.250. The molecule has 0 atom stereocenters. The van der Waals surface area contributed by atoms with Gasteiger partial charge in [-0.1, -0.05) is 6.08 Å². The highest BCUT2D eigenvalue weighted by atomic mass is 32.1. The maximum Gasteiger partial charge on any atom is 0.0358 e. The fourth-order valence-corrected chi connectivity index (χ4v) is 2.18. The van der Waals surface area contributed by atoms with Crippen LogP contribution < -0.4 is 5.73 Å². The standard InChI is InChI=1S/C8H9NS/c9-7-2-1-3-8-6(7)4-5-10-8/h2,4-5H,1,3,9H2. The molecule has 0 radical (unpaired) electrons. The number of rotatable bonds is 0. The van der Waals surface area contributed by atoms with Crippen LogP contribution in [-0.2, 0) is 6.42 Å². The van der Waals surface area contributed by atoms with Crippen LogP contribution in [0.4, 0.5) is 0 Å². The largest absolute Gasteiger partial charge is 0.398 e. The lowest BCUT2D eigenvalue weighted by atomic mass is 10.0. The lowest BCUT2D eigenvalue weighted by molar-refractivity contribution is 1.00. The van der Waals surface area contributed by atoms with Gasteiger partial charge < -0.3 is 5.73 Å². The Hall–Kier alpha value is -0.760. The van der Waals surface area contributed by atoms with Gasteiger partial charge in [-0.15, -0.1) is 11.3 Å². The predicted molar refractivity (Wildman–Crippen MR) is 44.8 cm³/mol. The van der Waals surface area contributed by atoms with Crippen LogP contribution >= 0.6 is 11.3 Å². The second-order valence-corrected chi connectivity index (χ2v) is 3.46. The van der Waals surface area contributed by atoms with Gasteiger partial charge in [-0.25, -0.2) is 0 Å². The first-order valence-electron chi connectivity index (χ1n) is 3.40. The SMILES string of the molecule is NC1=CCCc2sccc21. The third-order valence-corrected chi connectivity index (χ3v) is 2.77. The Kier molecular flexibility index (Phi) is 1.27. The van der Waals surface area contributed by atoms with Gasteiger partial charge in [0.05, 0.1) is 0 Å². The number of fused-ring (bicyclic) bond motifs is 1. The number of hydrogen-bond donors (Lipinski definition) is 1. The molecule has 2 heteroatoms. The molecule has 0 saturated heterocycles. The summed E-state index contributed by atoms with van der Waals surface area (Å²) >= 11 is 1.81. The normalized spacial score (nSPS) is 16.2. The highest BCUT2D eigenvalue weighted by molar-refractivity contribution is 7.10. The van der Waals surface area contributed by atoms with Gasteiger partial charge in [0.1, 0.15) is 0 Å². The molecule has 2 rings (SSSR count). The molecular formula is C8H9NS. The Bertz CT molecular complexity index is 273. The zero-order chi connectivity index (χ0) is 6.97. The second-order valence-electron chi connectivity index (χ2n) is 2.46. The van der Waals surface area contributed by atoms with E-state index in [2.05, 4.69) is 17.5 Å². The van der Waals surface area contributed by atoms with Crippen molar-refractivity contribution in [1.29, 1.82) is 0 Å². The molecule has 0 saturated carbocycles. The minimum Gasteiger partial charge on any atom is -0.398 e. The Balaban J connectivity index is 2.55. The van der Waals surface area contributed by atoms with E-state index < -0.39 is 0 Å².